The zero-order chi connectivity index (χ0) is 14.8. The summed E-state index contributed by atoms with van der Waals surface area (Å²) < 4.78 is 7.38. The molecule has 0 aliphatic carbocycles. The Kier molecular flexibility index (Phi) is 4.31. The molecule has 0 spiro atoms. The summed E-state index contributed by atoms with van der Waals surface area (Å²) in [6.07, 6.45) is 0.812. The molecule has 0 bridgehead atoms. The van der Waals surface area contributed by atoms with Crippen LogP contribution in [0.15, 0.2) is 51.4 Å². The van der Waals surface area contributed by atoms with Crippen molar-refractivity contribution in [3.8, 4) is 5.75 Å². The lowest BCUT2D eigenvalue weighted by Crippen LogP contribution is -2.31. The molecule has 2 aromatic carbocycles. The second-order valence-corrected chi connectivity index (χ2v) is 6.52. The van der Waals surface area contributed by atoms with Gasteiger partial charge in [0.15, 0.2) is 0 Å². The van der Waals surface area contributed by atoms with E-state index in [0.717, 1.165) is 26.8 Å². The van der Waals surface area contributed by atoms with Crippen molar-refractivity contribution in [3.63, 3.8) is 0 Å². The van der Waals surface area contributed by atoms with Crippen molar-refractivity contribution in [2.75, 3.05) is 18.1 Å². The average Bonchev–Trinajstić information content (AvgIpc) is 2.71. The van der Waals surface area contributed by atoms with E-state index in [1.54, 1.807) is 4.90 Å². The van der Waals surface area contributed by atoms with Gasteiger partial charge >= 0.3 is 0 Å². The summed E-state index contributed by atoms with van der Waals surface area (Å²) in [5, 5.41) is 0. The Bertz CT molecular complexity index is 688. The van der Waals surface area contributed by atoms with Crippen molar-refractivity contribution in [3.05, 3.63) is 57.0 Å². The molecule has 1 heterocycles. The van der Waals surface area contributed by atoms with Gasteiger partial charge in [-0.15, -0.1) is 0 Å². The van der Waals surface area contributed by atoms with Crippen molar-refractivity contribution >= 4 is 43.5 Å². The van der Waals surface area contributed by atoms with E-state index in [9.17, 15) is 4.79 Å². The number of nitrogens with zero attached hydrogens (tertiary/aromatic N) is 1. The van der Waals surface area contributed by atoms with Crippen LogP contribution in [0.1, 0.15) is 16.8 Å². The second kappa shape index (κ2) is 6.20. The third-order valence-corrected chi connectivity index (χ3v) is 4.53. The molecule has 0 saturated heterocycles. The monoisotopic (exact) mass is 409 g/mol. The highest BCUT2D eigenvalue weighted by molar-refractivity contribution is 9.11. The molecule has 0 saturated carbocycles. The lowest BCUT2D eigenvalue weighted by Gasteiger charge is -2.22. The molecule has 0 fully saturated rings. The van der Waals surface area contributed by atoms with Crippen molar-refractivity contribution in [2.45, 2.75) is 6.42 Å². The predicted octanol–water partition coefficient (Wildman–Crippen LogP) is 4.64. The Morgan fingerprint density at radius 3 is 2.81 bits per heavy atom. The lowest BCUT2D eigenvalue weighted by atomic mass is 10.1. The second-order valence-electron chi connectivity index (χ2n) is 4.75. The van der Waals surface area contributed by atoms with Crippen LogP contribution in [0.5, 0.6) is 5.75 Å². The summed E-state index contributed by atoms with van der Waals surface area (Å²) >= 11 is 6.88. The zero-order valence-electron chi connectivity index (χ0n) is 11.2. The van der Waals surface area contributed by atoms with Crippen molar-refractivity contribution in [1.29, 1.82) is 0 Å². The van der Waals surface area contributed by atoms with Gasteiger partial charge in [0.05, 0.1) is 17.9 Å². The fourth-order valence-corrected chi connectivity index (χ4v) is 3.12. The first-order chi connectivity index (χ1) is 10.2. The number of carbonyl (C=O) groups excluding carboxylic acids is 1. The van der Waals surface area contributed by atoms with Crippen LogP contribution < -0.4 is 9.64 Å². The molecule has 3 nitrogen and oxygen atoms in total. The maximum absolute atomic E-state index is 12.9. The first-order valence-electron chi connectivity index (χ1n) is 6.65. The van der Waals surface area contributed by atoms with Crippen LogP contribution in [0, 0.1) is 0 Å². The number of carbonyl (C=O) groups is 1. The number of benzene rings is 2. The van der Waals surface area contributed by atoms with Gasteiger partial charge in [-0.25, -0.2) is 0 Å². The molecule has 108 valence electrons. The van der Waals surface area contributed by atoms with Crippen molar-refractivity contribution in [2.24, 2.45) is 0 Å². The number of anilines is 1. The number of rotatable bonds is 1. The van der Waals surface area contributed by atoms with Gasteiger partial charge in [0.25, 0.3) is 5.91 Å². The van der Waals surface area contributed by atoms with Crippen LogP contribution in [0.3, 0.4) is 0 Å². The lowest BCUT2D eigenvalue weighted by molar-refractivity contribution is 0.0986. The number of para-hydroxylation sites is 2. The van der Waals surface area contributed by atoms with Crippen LogP contribution in [0.4, 0.5) is 5.69 Å². The summed E-state index contributed by atoms with van der Waals surface area (Å²) in [5.74, 6) is 0.732. The summed E-state index contributed by atoms with van der Waals surface area (Å²) in [6.45, 7) is 1.27. The fourth-order valence-electron chi connectivity index (χ4n) is 2.35. The standard InChI is InChI=1S/C16H13Br2NO2/c17-11-6-7-13(18)12(10-11)16(20)19-8-3-9-21-15-5-2-1-4-14(15)19/h1-2,4-7,10H,3,8-9H2. The third kappa shape index (κ3) is 2.99. The van der Waals surface area contributed by atoms with Crippen LogP contribution in [0.25, 0.3) is 0 Å². The quantitative estimate of drug-likeness (QED) is 0.685. The van der Waals surface area contributed by atoms with Crippen LogP contribution in [-0.4, -0.2) is 19.1 Å². The molecular formula is C16H13Br2NO2. The highest BCUT2D eigenvalue weighted by Crippen LogP contribution is 2.33. The highest BCUT2D eigenvalue weighted by Gasteiger charge is 2.24. The van der Waals surface area contributed by atoms with E-state index in [1.807, 2.05) is 42.5 Å². The summed E-state index contributed by atoms with van der Waals surface area (Å²) in [5.41, 5.74) is 1.47. The maximum atomic E-state index is 12.9. The Morgan fingerprint density at radius 1 is 1.14 bits per heavy atom. The summed E-state index contributed by atoms with van der Waals surface area (Å²) in [6, 6.07) is 13.3. The van der Waals surface area contributed by atoms with Gasteiger partial charge in [-0.3, -0.25) is 4.79 Å². The van der Waals surface area contributed by atoms with E-state index < -0.39 is 0 Å². The minimum absolute atomic E-state index is 0.0267. The Hall–Kier alpha value is -1.33. The molecule has 5 heteroatoms. The van der Waals surface area contributed by atoms with Crippen LogP contribution in [0.2, 0.25) is 0 Å². The highest BCUT2D eigenvalue weighted by atomic mass is 79.9. The molecule has 0 radical (unpaired) electrons. The van der Waals surface area contributed by atoms with Gasteiger partial charge in [0, 0.05) is 15.5 Å². The van der Waals surface area contributed by atoms with E-state index in [4.69, 9.17) is 4.74 Å². The smallest absolute Gasteiger partial charge is 0.259 e. The minimum Gasteiger partial charge on any atom is -0.491 e. The van der Waals surface area contributed by atoms with E-state index in [1.165, 1.54) is 0 Å². The SMILES string of the molecule is O=C(c1cc(Br)ccc1Br)N1CCCOc2ccccc21. The van der Waals surface area contributed by atoms with Crippen molar-refractivity contribution in [1.82, 2.24) is 0 Å². The van der Waals surface area contributed by atoms with Gasteiger partial charge < -0.3 is 9.64 Å². The first-order valence-corrected chi connectivity index (χ1v) is 8.24. The summed E-state index contributed by atoms with van der Waals surface area (Å²) in [4.78, 5) is 14.7. The molecule has 1 aliphatic rings. The normalized spacial score (nSPS) is 14.1. The van der Waals surface area contributed by atoms with E-state index >= 15 is 0 Å². The fraction of sp³-hybridized carbons (Fsp3) is 0.188. The number of ether oxygens (including phenoxy) is 1. The van der Waals surface area contributed by atoms with E-state index in [-0.39, 0.29) is 5.91 Å². The maximum Gasteiger partial charge on any atom is 0.259 e. The van der Waals surface area contributed by atoms with Gasteiger partial charge in [-0.05, 0) is 52.7 Å². The summed E-state index contributed by atoms with van der Waals surface area (Å²) in [7, 11) is 0. The molecule has 0 N–H and O–H groups in total. The van der Waals surface area contributed by atoms with Gasteiger partial charge in [-0.1, -0.05) is 28.1 Å². The molecule has 2 aromatic rings. The predicted molar refractivity (Wildman–Crippen MR) is 90.1 cm³/mol. The largest absolute Gasteiger partial charge is 0.491 e. The topological polar surface area (TPSA) is 29.5 Å². The average molecular weight is 411 g/mol. The Labute approximate surface area is 140 Å². The van der Waals surface area contributed by atoms with E-state index in [2.05, 4.69) is 31.9 Å². The number of hydrogen-bond acceptors (Lipinski definition) is 2. The zero-order valence-corrected chi connectivity index (χ0v) is 14.4. The molecular weight excluding hydrogens is 398 g/mol. The number of amides is 1. The molecule has 0 aromatic heterocycles. The first kappa shape index (κ1) is 14.6. The molecule has 3 rings (SSSR count). The van der Waals surface area contributed by atoms with Gasteiger partial charge in [0.1, 0.15) is 5.75 Å². The molecule has 0 atom stereocenters. The van der Waals surface area contributed by atoms with Gasteiger partial charge in [-0.2, -0.15) is 0 Å². The minimum atomic E-state index is -0.0267. The molecule has 1 aliphatic heterocycles. The van der Waals surface area contributed by atoms with Gasteiger partial charge in [0.2, 0.25) is 0 Å². The number of fused-ring (bicyclic) bond motifs is 1. The molecule has 0 unspecified atom stereocenters. The van der Waals surface area contributed by atoms with Crippen LogP contribution in [-0.2, 0) is 0 Å². The van der Waals surface area contributed by atoms with Crippen LogP contribution >= 0.6 is 31.9 Å². The number of halogens is 2. The Balaban J connectivity index is 2.03. The van der Waals surface area contributed by atoms with E-state index in [0.29, 0.717) is 18.7 Å². The Morgan fingerprint density at radius 2 is 1.95 bits per heavy atom. The van der Waals surface area contributed by atoms with Crippen molar-refractivity contribution < 1.29 is 9.53 Å². The third-order valence-electron chi connectivity index (χ3n) is 3.34. The molecule has 1 amide bonds. The molecule has 21 heavy (non-hydrogen) atoms. The number of hydrogen-bond donors (Lipinski definition) is 0.